The molecule has 21 heavy (non-hydrogen) atoms. The summed E-state index contributed by atoms with van der Waals surface area (Å²) in [6.45, 7) is 7.38. The molecule has 3 atom stereocenters. The smallest absolute Gasteiger partial charge is 0.230 e. The third-order valence-electron chi connectivity index (χ3n) is 4.11. The number of hydrogen-bond acceptors (Lipinski definition) is 6. The second-order valence-corrected chi connectivity index (χ2v) is 7.83. The van der Waals surface area contributed by atoms with Crippen molar-refractivity contribution in [2.45, 2.75) is 50.4 Å². The molecule has 0 aromatic carbocycles. The molecule has 1 aromatic heterocycles. The number of amides is 1. The molecule has 1 fully saturated rings. The fourth-order valence-corrected chi connectivity index (χ4v) is 4.28. The van der Waals surface area contributed by atoms with Gasteiger partial charge in [0.25, 0.3) is 0 Å². The average molecular weight is 329 g/mol. The standard InChI is InChI=1S/C14H24N4OS2/c1-4-15-13-17-18-14(21-13)20-8-12(19)16-11-7-5-6-9(2)10(11)3/h9-11H,4-8H2,1-3H3,(H,15,17)(H,16,19)/t9-,10-,11+/m0/s1. The van der Waals surface area contributed by atoms with Gasteiger partial charge in [0.05, 0.1) is 5.75 Å². The Hall–Kier alpha value is -0.820. The van der Waals surface area contributed by atoms with E-state index in [4.69, 9.17) is 0 Å². The molecule has 1 saturated carbocycles. The molecule has 1 amide bonds. The Morgan fingerprint density at radius 1 is 1.38 bits per heavy atom. The van der Waals surface area contributed by atoms with Crippen molar-refractivity contribution < 1.29 is 4.79 Å². The summed E-state index contributed by atoms with van der Waals surface area (Å²) in [5, 5.41) is 15.2. The molecule has 2 N–H and O–H groups in total. The van der Waals surface area contributed by atoms with Gasteiger partial charge in [-0.1, -0.05) is 49.8 Å². The molecule has 0 radical (unpaired) electrons. The Morgan fingerprint density at radius 2 is 2.19 bits per heavy atom. The molecule has 1 aromatic rings. The van der Waals surface area contributed by atoms with Crippen LogP contribution in [0.5, 0.6) is 0 Å². The topological polar surface area (TPSA) is 66.9 Å². The monoisotopic (exact) mass is 328 g/mol. The van der Waals surface area contributed by atoms with Crippen LogP contribution in [0.3, 0.4) is 0 Å². The molecule has 0 saturated heterocycles. The summed E-state index contributed by atoms with van der Waals surface area (Å²) in [6, 6.07) is 0.327. The molecule has 0 bridgehead atoms. The van der Waals surface area contributed by atoms with Crippen molar-refractivity contribution in [1.82, 2.24) is 15.5 Å². The van der Waals surface area contributed by atoms with Crippen LogP contribution in [0.1, 0.15) is 40.0 Å². The van der Waals surface area contributed by atoms with E-state index in [1.54, 1.807) is 0 Å². The predicted molar refractivity (Wildman–Crippen MR) is 88.9 cm³/mol. The van der Waals surface area contributed by atoms with Gasteiger partial charge in [-0.15, -0.1) is 10.2 Å². The van der Waals surface area contributed by atoms with E-state index in [0.29, 0.717) is 23.6 Å². The van der Waals surface area contributed by atoms with E-state index in [1.165, 1.54) is 35.9 Å². The molecular weight excluding hydrogens is 304 g/mol. The van der Waals surface area contributed by atoms with Gasteiger partial charge in [-0.05, 0) is 25.2 Å². The highest BCUT2D eigenvalue weighted by molar-refractivity contribution is 8.01. The maximum atomic E-state index is 12.1. The van der Waals surface area contributed by atoms with Crippen molar-refractivity contribution in [3.8, 4) is 0 Å². The highest BCUT2D eigenvalue weighted by atomic mass is 32.2. The molecule has 2 rings (SSSR count). The largest absolute Gasteiger partial charge is 0.360 e. The number of thioether (sulfide) groups is 1. The van der Waals surface area contributed by atoms with Crippen LogP contribution in [0.2, 0.25) is 0 Å². The van der Waals surface area contributed by atoms with E-state index in [-0.39, 0.29) is 5.91 Å². The van der Waals surface area contributed by atoms with E-state index >= 15 is 0 Å². The van der Waals surface area contributed by atoms with Crippen LogP contribution in [-0.2, 0) is 4.79 Å². The van der Waals surface area contributed by atoms with Gasteiger partial charge in [-0.2, -0.15) is 0 Å². The van der Waals surface area contributed by atoms with Crippen LogP contribution in [-0.4, -0.2) is 34.4 Å². The van der Waals surface area contributed by atoms with E-state index in [2.05, 4.69) is 34.7 Å². The SMILES string of the molecule is CCNc1nnc(SCC(=O)N[C@@H]2CCC[C@H](C)[C@@H]2C)s1. The zero-order valence-corrected chi connectivity index (χ0v) is 14.5. The maximum absolute atomic E-state index is 12.1. The minimum Gasteiger partial charge on any atom is -0.360 e. The molecule has 0 aliphatic heterocycles. The van der Waals surface area contributed by atoms with Crippen molar-refractivity contribution in [2.75, 3.05) is 17.6 Å². The van der Waals surface area contributed by atoms with E-state index in [1.807, 2.05) is 6.92 Å². The first-order valence-corrected chi connectivity index (χ1v) is 9.40. The highest BCUT2D eigenvalue weighted by Crippen LogP contribution is 2.30. The molecule has 0 spiro atoms. The minimum atomic E-state index is 0.103. The lowest BCUT2D eigenvalue weighted by Gasteiger charge is -2.34. The molecule has 7 heteroatoms. The lowest BCUT2D eigenvalue weighted by atomic mass is 9.78. The Kier molecular flexibility index (Phi) is 6.29. The summed E-state index contributed by atoms with van der Waals surface area (Å²) in [5.41, 5.74) is 0. The lowest BCUT2D eigenvalue weighted by Crippen LogP contribution is -2.44. The zero-order chi connectivity index (χ0) is 15.2. The summed E-state index contributed by atoms with van der Waals surface area (Å²) in [6.07, 6.45) is 3.59. The summed E-state index contributed by atoms with van der Waals surface area (Å²) in [5.74, 6) is 1.78. The van der Waals surface area contributed by atoms with E-state index in [9.17, 15) is 4.79 Å². The number of hydrogen-bond donors (Lipinski definition) is 2. The van der Waals surface area contributed by atoms with Crippen LogP contribution in [0, 0.1) is 11.8 Å². The number of rotatable bonds is 6. The second kappa shape index (κ2) is 7.98. The lowest BCUT2D eigenvalue weighted by molar-refractivity contribution is -0.119. The van der Waals surface area contributed by atoms with Crippen molar-refractivity contribution in [1.29, 1.82) is 0 Å². The van der Waals surface area contributed by atoms with Gasteiger partial charge in [0, 0.05) is 12.6 Å². The number of carbonyl (C=O) groups excluding carboxylic acids is 1. The van der Waals surface area contributed by atoms with Crippen molar-refractivity contribution >= 4 is 34.1 Å². The van der Waals surface area contributed by atoms with Gasteiger partial charge in [-0.25, -0.2) is 0 Å². The molecular formula is C14H24N4OS2. The number of anilines is 1. The first-order valence-electron chi connectivity index (χ1n) is 7.59. The molecule has 1 heterocycles. The Balaban J connectivity index is 1.76. The number of nitrogens with one attached hydrogen (secondary N) is 2. The fourth-order valence-electron chi connectivity index (χ4n) is 2.65. The summed E-state index contributed by atoms with van der Waals surface area (Å²) >= 11 is 2.95. The normalized spacial score (nSPS) is 25.6. The summed E-state index contributed by atoms with van der Waals surface area (Å²) in [7, 11) is 0. The number of nitrogens with zero attached hydrogens (tertiary/aromatic N) is 2. The molecule has 5 nitrogen and oxygen atoms in total. The van der Waals surface area contributed by atoms with E-state index in [0.717, 1.165) is 22.4 Å². The summed E-state index contributed by atoms with van der Waals surface area (Å²) < 4.78 is 0.839. The molecule has 118 valence electrons. The van der Waals surface area contributed by atoms with Gasteiger partial charge in [0.1, 0.15) is 0 Å². The maximum Gasteiger partial charge on any atom is 0.230 e. The fraction of sp³-hybridized carbons (Fsp3) is 0.786. The minimum absolute atomic E-state index is 0.103. The first-order chi connectivity index (χ1) is 10.1. The van der Waals surface area contributed by atoms with Crippen molar-refractivity contribution in [3.05, 3.63) is 0 Å². The summed E-state index contributed by atoms with van der Waals surface area (Å²) in [4.78, 5) is 12.1. The molecule has 1 aliphatic carbocycles. The average Bonchev–Trinajstić information content (AvgIpc) is 2.90. The number of aromatic nitrogens is 2. The third-order valence-corrected chi connectivity index (χ3v) is 6.13. The quantitative estimate of drug-likeness (QED) is 0.786. The third kappa shape index (κ3) is 4.85. The van der Waals surface area contributed by atoms with Gasteiger partial charge in [0.2, 0.25) is 11.0 Å². The van der Waals surface area contributed by atoms with Crippen LogP contribution >= 0.6 is 23.1 Å². The zero-order valence-electron chi connectivity index (χ0n) is 12.9. The van der Waals surface area contributed by atoms with Gasteiger partial charge < -0.3 is 10.6 Å². The Labute approximate surface area is 134 Å². The Morgan fingerprint density at radius 3 is 2.95 bits per heavy atom. The van der Waals surface area contributed by atoms with Gasteiger partial charge in [-0.3, -0.25) is 4.79 Å². The van der Waals surface area contributed by atoms with Gasteiger partial charge in [0.15, 0.2) is 4.34 Å². The second-order valence-electron chi connectivity index (χ2n) is 5.63. The van der Waals surface area contributed by atoms with Crippen molar-refractivity contribution in [3.63, 3.8) is 0 Å². The van der Waals surface area contributed by atoms with Crippen LogP contribution < -0.4 is 10.6 Å². The number of carbonyl (C=O) groups is 1. The highest BCUT2D eigenvalue weighted by Gasteiger charge is 2.28. The van der Waals surface area contributed by atoms with Crippen molar-refractivity contribution in [2.24, 2.45) is 11.8 Å². The molecule has 1 aliphatic rings. The first kappa shape index (κ1) is 16.5. The van der Waals surface area contributed by atoms with Crippen LogP contribution in [0.4, 0.5) is 5.13 Å². The van der Waals surface area contributed by atoms with Crippen LogP contribution in [0.25, 0.3) is 0 Å². The van der Waals surface area contributed by atoms with Crippen LogP contribution in [0.15, 0.2) is 4.34 Å². The van der Waals surface area contributed by atoms with E-state index < -0.39 is 0 Å². The Bertz CT molecular complexity index is 466. The predicted octanol–water partition coefficient (Wildman–Crippen LogP) is 3.00. The van der Waals surface area contributed by atoms with Gasteiger partial charge >= 0.3 is 0 Å². The molecule has 0 unspecified atom stereocenters.